The minimum atomic E-state index is 0.159. The Kier molecular flexibility index (Phi) is 3.83. The highest BCUT2D eigenvalue weighted by atomic mass is 79.9. The van der Waals surface area contributed by atoms with Crippen molar-refractivity contribution in [2.75, 3.05) is 0 Å². The third-order valence-electron chi connectivity index (χ3n) is 3.30. The van der Waals surface area contributed by atoms with Gasteiger partial charge >= 0.3 is 0 Å². The van der Waals surface area contributed by atoms with Crippen LogP contribution in [0.2, 0.25) is 0 Å². The molecule has 0 aliphatic heterocycles. The lowest BCUT2D eigenvalue weighted by molar-refractivity contribution is 0.590. The van der Waals surface area contributed by atoms with Crippen molar-refractivity contribution in [3.63, 3.8) is 0 Å². The quantitative estimate of drug-likeness (QED) is 0.881. The van der Waals surface area contributed by atoms with Crippen LogP contribution in [0.5, 0.6) is 0 Å². The molecular weight excluding hydrogens is 302 g/mol. The summed E-state index contributed by atoms with van der Waals surface area (Å²) in [4.78, 5) is 7.63. The zero-order chi connectivity index (χ0) is 14.2. The predicted molar refractivity (Wildman–Crippen MR) is 83.1 cm³/mol. The lowest BCUT2D eigenvalue weighted by atomic mass is 9.85. The van der Waals surface area contributed by atoms with E-state index in [9.17, 15) is 0 Å². The van der Waals surface area contributed by atoms with Gasteiger partial charge in [-0.25, -0.2) is 4.98 Å². The Morgan fingerprint density at radius 2 is 2.00 bits per heavy atom. The average molecular weight is 322 g/mol. The number of aromatic nitrogens is 2. The Morgan fingerprint density at radius 1 is 1.32 bits per heavy atom. The van der Waals surface area contributed by atoms with Gasteiger partial charge in [0, 0.05) is 12.1 Å². The van der Waals surface area contributed by atoms with Crippen molar-refractivity contribution in [1.29, 1.82) is 0 Å². The molecule has 0 saturated heterocycles. The standard InChI is InChI=1S/C15H20BrN3/c1-9-7-10(15(2,3)4)5-6-11(9)13-12(8-17)18-14(16)19-13/h5-7H,8,17H2,1-4H3,(H,18,19). The number of rotatable bonds is 2. The molecule has 4 heteroatoms. The van der Waals surface area contributed by atoms with E-state index in [2.05, 4.69) is 71.8 Å². The first-order valence-electron chi connectivity index (χ1n) is 6.39. The van der Waals surface area contributed by atoms with Gasteiger partial charge in [0.1, 0.15) is 0 Å². The van der Waals surface area contributed by atoms with Gasteiger partial charge in [-0.3, -0.25) is 0 Å². The largest absolute Gasteiger partial charge is 0.335 e. The molecule has 0 fully saturated rings. The lowest BCUT2D eigenvalue weighted by Gasteiger charge is -2.20. The summed E-state index contributed by atoms with van der Waals surface area (Å²) in [6.07, 6.45) is 0. The normalized spacial score (nSPS) is 11.9. The molecule has 0 saturated carbocycles. The first-order chi connectivity index (χ1) is 8.82. The van der Waals surface area contributed by atoms with Gasteiger partial charge in [-0.15, -0.1) is 0 Å². The summed E-state index contributed by atoms with van der Waals surface area (Å²) >= 11 is 3.37. The van der Waals surface area contributed by atoms with Gasteiger partial charge in [-0.1, -0.05) is 39.0 Å². The molecule has 0 aliphatic carbocycles. The summed E-state index contributed by atoms with van der Waals surface area (Å²) in [7, 11) is 0. The second-order valence-electron chi connectivity index (χ2n) is 5.84. The van der Waals surface area contributed by atoms with Crippen LogP contribution in [-0.4, -0.2) is 9.97 Å². The van der Waals surface area contributed by atoms with E-state index in [1.54, 1.807) is 0 Å². The second kappa shape index (κ2) is 5.10. The minimum Gasteiger partial charge on any atom is -0.335 e. The lowest BCUT2D eigenvalue weighted by Crippen LogP contribution is -2.11. The van der Waals surface area contributed by atoms with Crippen LogP contribution in [0.4, 0.5) is 0 Å². The summed E-state index contributed by atoms with van der Waals surface area (Å²) in [6, 6.07) is 6.54. The zero-order valence-corrected chi connectivity index (χ0v) is 13.4. The molecule has 1 aromatic heterocycles. The van der Waals surface area contributed by atoms with Crippen molar-refractivity contribution in [2.24, 2.45) is 5.73 Å². The molecule has 0 amide bonds. The maximum atomic E-state index is 5.76. The topological polar surface area (TPSA) is 54.7 Å². The highest BCUT2D eigenvalue weighted by Gasteiger charge is 2.17. The number of H-pyrrole nitrogens is 1. The van der Waals surface area contributed by atoms with E-state index in [0.29, 0.717) is 6.54 Å². The number of nitrogens with zero attached hydrogens (tertiary/aromatic N) is 1. The highest BCUT2D eigenvalue weighted by Crippen LogP contribution is 2.30. The van der Waals surface area contributed by atoms with Crippen LogP contribution < -0.4 is 5.73 Å². The van der Waals surface area contributed by atoms with Gasteiger partial charge < -0.3 is 10.7 Å². The number of nitrogens with one attached hydrogen (secondary N) is 1. The number of hydrogen-bond acceptors (Lipinski definition) is 2. The molecule has 102 valence electrons. The minimum absolute atomic E-state index is 0.159. The van der Waals surface area contributed by atoms with Gasteiger partial charge in [-0.2, -0.15) is 0 Å². The van der Waals surface area contributed by atoms with Gasteiger partial charge in [-0.05, 0) is 39.4 Å². The third-order valence-corrected chi connectivity index (χ3v) is 3.68. The number of imidazole rings is 1. The molecule has 1 aromatic carbocycles. The summed E-state index contributed by atoms with van der Waals surface area (Å²) < 4.78 is 0.724. The van der Waals surface area contributed by atoms with Crippen LogP contribution >= 0.6 is 15.9 Å². The van der Waals surface area contributed by atoms with Crippen LogP contribution in [0.1, 0.15) is 37.6 Å². The van der Waals surface area contributed by atoms with E-state index in [-0.39, 0.29) is 5.41 Å². The molecule has 0 bridgehead atoms. The van der Waals surface area contributed by atoms with Crippen LogP contribution in [0.25, 0.3) is 11.3 Å². The number of benzene rings is 1. The molecular formula is C15H20BrN3. The van der Waals surface area contributed by atoms with Gasteiger partial charge in [0.05, 0.1) is 11.4 Å². The van der Waals surface area contributed by atoms with Crippen LogP contribution in [0, 0.1) is 6.92 Å². The summed E-state index contributed by atoms with van der Waals surface area (Å²) in [5.41, 5.74) is 11.5. The van der Waals surface area contributed by atoms with Crippen LogP contribution in [-0.2, 0) is 12.0 Å². The molecule has 2 aromatic rings. The van der Waals surface area contributed by atoms with Crippen molar-refractivity contribution in [3.05, 3.63) is 39.8 Å². The Hall–Kier alpha value is -1.13. The molecule has 0 aliphatic rings. The van der Waals surface area contributed by atoms with E-state index >= 15 is 0 Å². The van der Waals surface area contributed by atoms with Gasteiger partial charge in [0.25, 0.3) is 0 Å². The summed E-state index contributed by atoms with van der Waals surface area (Å²) in [5, 5.41) is 0. The molecule has 2 rings (SSSR count). The van der Waals surface area contributed by atoms with E-state index in [1.807, 2.05) is 0 Å². The van der Waals surface area contributed by atoms with E-state index in [4.69, 9.17) is 5.73 Å². The first-order valence-corrected chi connectivity index (χ1v) is 7.18. The number of hydrogen-bond donors (Lipinski definition) is 2. The number of halogens is 1. The first kappa shape index (κ1) is 14.3. The van der Waals surface area contributed by atoms with Crippen molar-refractivity contribution < 1.29 is 0 Å². The van der Waals surface area contributed by atoms with Crippen molar-refractivity contribution in [3.8, 4) is 11.3 Å². The molecule has 0 unspecified atom stereocenters. The maximum Gasteiger partial charge on any atom is 0.175 e. The Labute approximate surface area is 122 Å². The summed E-state index contributed by atoms with van der Waals surface area (Å²) in [5.74, 6) is 0. The van der Waals surface area contributed by atoms with E-state index in [1.165, 1.54) is 11.1 Å². The molecule has 3 N–H and O–H groups in total. The fraction of sp³-hybridized carbons (Fsp3) is 0.400. The Bertz CT molecular complexity index is 594. The third kappa shape index (κ3) is 2.90. The van der Waals surface area contributed by atoms with E-state index < -0.39 is 0 Å². The molecule has 19 heavy (non-hydrogen) atoms. The SMILES string of the molecule is Cc1cc(C(C)(C)C)ccc1-c1nc(Br)[nH]c1CN. The highest BCUT2D eigenvalue weighted by molar-refractivity contribution is 9.10. The summed E-state index contributed by atoms with van der Waals surface area (Å²) in [6.45, 7) is 9.23. The van der Waals surface area contributed by atoms with Crippen LogP contribution in [0.15, 0.2) is 22.9 Å². The monoisotopic (exact) mass is 321 g/mol. The Balaban J connectivity index is 2.52. The average Bonchev–Trinajstić information content (AvgIpc) is 2.69. The predicted octanol–water partition coefficient (Wildman–Crippen LogP) is 3.90. The smallest absolute Gasteiger partial charge is 0.175 e. The Morgan fingerprint density at radius 3 is 2.53 bits per heavy atom. The van der Waals surface area contributed by atoms with E-state index in [0.717, 1.165) is 21.7 Å². The fourth-order valence-electron chi connectivity index (χ4n) is 2.14. The maximum absolute atomic E-state index is 5.76. The molecule has 0 atom stereocenters. The number of nitrogens with two attached hydrogens (primary N) is 1. The van der Waals surface area contributed by atoms with Gasteiger partial charge in [0.2, 0.25) is 0 Å². The van der Waals surface area contributed by atoms with Crippen molar-refractivity contribution in [1.82, 2.24) is 9.97 Å². The number of aromatic amines is 1. The molecule has 0 radical (unpaired) electrons. The van der Waals surface area contributed by atoms with Crippen molar-refractivity contribution >= 4 is 15.9 Å². The fourth-order valence-corrected chi connectivity index (χ4v) is 2.56. The van der Waals surface area contributed by atoms with Crippen molar-refractivity contribution in [2.45, 2.75) is 39.7 Å². The number of aryl methyl sites for hydroxylation is 1. The van der Waals surface area contributed by atoms with Crippen LogP contribution in [0.3, 0.4) is 0 Å². The molecule has 1 heterocycles. The second-order valence-corrected chi connectivity index (χ2v) is 6.59. The molecule has 0 spiro atoms. The van der Waals surface area contributed by atoms with Gasteiger partial charge in [0.15, 0.2) is 4.73 Å². The molecule has 3 nitrogen and oxygen atoms in total. The zero-order valence-electron chi connectivity index (χ0n) is 11.8.